The molecule has 0 saturated heterocycles. The molecule has 0 N–H and O–H groups in total. The molecule has 0 bridgehead atoms. The maximum Gasteiger partial charge on any atom is 0.288 e. The average molecular weight is 238 g/mol. The third kappa shape index (κ3) is 3.13. The van der Waals surface area contributed by atoms with Crippen molar-refractivity contribution in [1.29, 1.82) is 0 Å². The number of nitro groups is 1. The lowest BCUT2D eigenvalue weighted by Crippen LogP contribution is -1.91. The molecule has 0 atom stereocenters. The van der Waals surface area contributed by atoms with Gasteiger partial charge in [0, 0.05) is 11.0 Å². The van der Waals surface area contributed by atoms with Gasteiger partial charge < -0.3 is 0 Å². The summed E-state index contributed by atoms with van der Waals surface area (Å²) in [6.45, 7) is -0.0322. The van der Waals surface area contributed by atoms with Gasteiger partial charge in [-0.3, -0.25) is 10.1 Å². The first kappa shape index (κ1) is 11.8. The third-order valence-corrected chi connectivity index (χ3v) is 1.77. The van der Waals surface area contributed by atoms with Crippen LogP contribution < -0.4 is 0 Å². The predicted octanol–water partition coefficient (Wildman–Crippen LogP) is 2.31. The minimum Gasteiger partial charge on any atom is -0.258 e. The van der Waals surface area contributed by atoms with Crippen LogP contribution in [0, 0.1) is 22.0 Å². The Hall–Kier alpha value is -2.29. The molecule has 0 radical (unpaired) electrons. The van der Waals surface area contributed by atoms with Gasteiger partial charge in [-0.2, -0.15) is 0 Å². The Morgan fingerprint density at radius 2 is 2.50 bits per heavy atom. The summed E-state index contributed by atoms with van der Waals surface area (Å²) in [5.41, 5.74) is 8.03. The lowest BCUT2D eigenvalue weighted by molar-refractivity contribution is -0.385. The van der Waals surface area contributed by atoms with E-state index < -0.39 is 4.92 Å². The monoisotopic (exact) mass is 237 g/mol. The summed E-state index contributed by atoms with van der Waals surface area (Å²) < 4.78 is 0. The van der Waals surface area contributed by atoms with Gasteiger partial charge >= 0.3 is 0 Å². The molecule has 1 rings (SSSR count). The normalized spacial score (nSPS) is 8.56. The smallest absolute Gasteiger partial charge is 0.258 e. The summed E-state index contributed by atoms with van der Waals surface area (Å²) in [5, 5.41) is 13.7. The summed E-state index contributed by atoms with van der Waals surface area (Å²) >= 11 is 5.67. The molecule has 1 aromatic rings. The molecule has 0 spiro atoms. The number of rotatable bonds is 2. The molecule has 8 heteroatoms. The van der Waals surface area contributed by atoms with Crippen molar-refractivity contribution < 1.29 is 4.92 Å². The van der Waals surface area contributed by atoms with E-state index in [1.807, 2.05) is 0 Å². The second-order valence-electron chi connectivity index (χ2n) is 2.48. The Morgan fingerprint density at radius 1 is 1.75 bits per heavy atom. The van der Waals surface area contributed by atoms with E-state index in [1.165, 1.54) is 6.07 Å². The quantitative estimate of drug-likeness (QED) is 0.150. The first-order chi connectivity index (χ1) is 7.65. The molecule has 0 aromatic carbocycles. The number of halogens is 1. The molecule has 0 aliphatic rings. The van der Waals surface area contributed by atoms with Gasteiger partial charge in [-0.15, -0.1) is 0 Å². The van der Waals surface area contributed by atoms with Crippen molar-refractivity contribution in [3.8, 4) is 11.8 Å². The average Bonchev–Trinajstić information content (AvgIpc) is 2.26. The Balaban J connectivity index is 3.01. The van der Waals surface area contributed by atoms with Gasteiger partial charge in [0.2, 0.25) is 0 Å². The molecular formula is C8H4ClN5O2. The topological polar surface area (TPSA) is 105 Å². The first-order valence-corrected chi connectivity index (χ1v) is 4.32. The highest BCUT2D eigenvalue weighted by molar-refractivity contribution is 6.30. The van der Waals surface area contributed by atoms with Gasteiger partial charge in [-0.25, -0.2) is 4.98 Å². The van der Waals surface area contributed by atoms with Gasteiger partial charge in [-0.05, 0) is 5.53 Å². The molecule has 0 fully saturated rings. The molecule has 0 aliphatic carbocycles. The lowest BCUT2D eigenvalue weighted by Gasteiger charge is -1.94. The van der Waals surface area contributed by atoms with Crippen LogP contribution in [0.15, 0.2) is 17.4 Å². The SMILES string of the molecule is [N-]=[N+]=NCC#Cc1cc([N+](=O)[O-])cnc1Cl. The highest BCUT2D eigenvalue weighted by atomic mass is 35.5. The van der Waals surface area contributed by atoms with Crippen LogP contribution >= 0.6 is 11.6 Å². The minimum absolute atomic E-state index is 0.0322. The molecular weight excluding hydrogens is 234 g/mol. The van der Waals surface area contributed by atoms with Crippen LogP contribution in [0.5, 0.6) is 0 Å². The zero-order chi connectivity index (χ0) is 12.0. The summed E-state index contributed by atoms with van der Waals surface area (Å²) in [6, 6.07) is 1.21. The standard InChI is InChI=1S/C8H4ClN5O2/c9-8-6(2-1-3-12-13-10)4-7(5-11-8)14(15)16/h4-5H,3H2. The second-order valence-corrected chi connectivity index (χ2v) is 2.84. The molecule has 0 amide bonds. The van der Waals surface area contributed by atoms with Crippen molar-refractivity contribution in [2.24, 2.45) is 5.11 Å². The van der Waals surface area contributed by atoms with Crippen LogP contribution in [-0.4, -0.2) is 16.5 Å². The summed E-state index contributed by atoms with van der Waals surface area (Å²) in [7, 11) is 0. The van der Waals surface area contributed by atoms with Crippen molar-refractivity contribution in [1.82, 2.24) is 4.98 Å². The fourth-order valence-electron chi connectivity index (χ4n) is 0.826. The van der Waals surface area contributed by atoms with E-state index >= 15 is 0 Å². The van der Waals surface area contributed by atoms with Crippen molar-refractivity contribution in [2.75, 3.05) is 6.54 Å². The van der Waals surface area contributed by atoms with Gasteiger partial charge in [0.05, 0.1) is 17.0 Å². The fraction of sp³-hybridized carbons (Fsp3) is 0.125. The first-order valence-electron chi connectivity index (χ1n) is 3.95. The van der Waals surface area contributed by atoms with E-state index in [1.54, 1.807) is 0 Å². The zero-order valence-corrected chi connectivity index (χ0v) is 8.55. The molecule has 16 heavy (non-hydrogen) atoms. The number of aromatic nitrogens is 1. The van der Waals surface area contributed by atoms with E-state index in [0.29, 0.717) is 0 Å². The van der Waals surface area contributed by atoms with E-state index in [9.17, 15) is 10.1 Å². The van der Waals surface area contributed by atoms with E-state index in [2.05, 4.69) is 26.9 Å². The zero-order valence-electron chi connectivity index (χ0n) is 7.79. The molecule has 7 nitrogen and oxygen atoms in total. The van der Waals surface area contributed by atoms with E-state index in [4.69, 9.17) is 17.1 Å². The Kier molecular flexibility index (Phi) is 4.09. The summed E-state index contributed by atoms with van der Waals surface area (Å²) in [4.78, 5) is 16.0. The number of hydrogen-bond donors (Lipinski definition) is 0. The van der Waals surface area contributed by atoms with E-state index in [0.717, 1.165) is 6.20 Å². The Morgan fingerprint density at radius 3 is 3.12 bits per heavy atom. The largest absolute Gasteiger partial charge is 0.288 e. The third-order valence-electron chi connectivity index (χ3n) is 1.47. The van der Waals surface area contributed by atoms with Crippen LogP contribution in [0.4, 0.5) is 5.69 Å². The lowest BCUT2D eigenvalue weighted by atomic mass is 10.2. The molecule has 1 aromatic heterocycles. The number of hydrogen-bond acceptors (Lipinski definition) is 4. The van der Waals surface area contributed by atoms with Crippen molar-refractivity contribution in [3.63, 3.8) is 0 Å². The van der Waals surface area contributed by atoms with Crippen molar-refractivity contribution >= 4 is 17.3 Å². The number of azide groups is 1. The molecule has 0 unspecified atom stereocenters. The fourth-order valence-corrected chi connectivity index (χ4v) is 0.977. The van der Waals surface area contributed by atoms with Crippen LogP contribution in [0.25, 0.3) is 10.4 Å². The van der Waals surface area contributed by atoms with Gasteiger partial charge in [0.15, 0.2) is 0 Å². The second kappa shape index (κ2) is 5.56. The number of nitrogens with zero attached hydrogens (tertiary/aromatic N) is 5. The number of pyridine rings is 1. The van der Waals surface area contributed by atoms with Crippen LogP contribution in [0.3, 0.4) is 0 Å². The highest BCUT2D eigenvalue weighted by Gasteiger charge is 2.09. The maximum absolute atomic E-state index is 10.4. The van der Waals surface area contributed by atoms with Gasteiger partial charge in [0.1, 0.15) is 11.3 Å². The maximum atomic E-state index is 10.4. The molecule has 1 heterocycles. The Bertz CT molecular complexity index is 527. The van der Waals surface area contributed by atoms with Gasteiger partial charge in [-0.1, -0.05) is 28.6 Å². The summed E-state index contributed by atoms with van der Waals surface area (Å²) in [5.74, 6) is 5.02. The van der Waals surface area contributed by atoms with Crippen LogP contribution in [-0.2, 0) is 0 Å². The Labute approximate surface area is 94.8 Å². The van der Waals surface area contributed by atoms with E-state index in [-0.39, 0.29) is 22.9 Å². The molecule has 80 valence electrons. The van der Waals surface area contributed by atoms with Crippen LogP contribution in [0.2, 0.25) is 5.15 Å². The predicted molar refractivity (Wildman–Crippen MR) is 56.8 cm³/mol. The minimum atomic E-state index is -0.595. The molecule has 0 aliphatic heterocycles. The van der Waals surface area contributed by atoms with Gasteiger partial charge in [0.25, 0.3) is 5.69 Å². The van der Waals surface area contributed by atoms with Crippen LogP contribution in [0.1, 0.15) is 5.56 Å². The highest BCUT2D eigenvalue weighted by Crippen LogP contribution is 2.17. The molecule has 0 saturated carbocycles. The van der Waals surface area contributed by atoms with Crippen molar-refractivity contribution in [2.45, 2.75) is 0 Å². The summed E-state index contributed by atoms with van der Waals surface area (Å²) in [6.07, 6.45) is 1.04. The van der Waals surface area contributed by atoms with Crippen molar-refractivity contribution in [3.05, 3.63) is 43.5 Å².